The summed E-state index contributed by atoms with van der Waals surface area (Å²) in [6, 6.07) is 6.96. The summed E-state index contributed by atoms with van der Waals surface area (Å²) in [7, 11) is 0. The first kappa shape index (κ1) is 14.1. The molecule has 112 valence electrons. The van der Waals surface area contributed by atoms with Crippen LogP contribution in [0.1, 0.15) is 36.3 Å². The molecule has 5 nitrogen and oxygen atoms in total. The second kappa shape index (κ2) is 5.48. The van der Waals surface area contributed by atoms with Crippen LogP contribution in [0.25, 0.3) is 0 Å². The van der Waals surface area contributed by atoms with E-state index in [2.05, 4.69) is 0 Å². The van der Waals surface area contributed by atoms with Crippen LogP contribution in [0, 0.1) is 0 Å². The lowest BCUT2D eigenvalue weighted by molar-refractivity contribution is -0.148. The van der Waals surface area contributed by atoms with E-state index in [1.54, 1.807) is 0 Å². The number of nitrogens with zero attached hydrogens (tertiary/aromatic N) is 1. The number of carbonyl (C=O) groups is 2. The first-order valence-corrected chi connectivity index (χ1v) is 7.37. The van der Waals surface area contributed by atoms with E-state index in [9.17, 15) is 19.8 Å². The molecule has 1 amide bonds. The van der Waals surface area contributed by atoms with Crippen LogP contribution in [0.5, 0.6) is 0 Å². The first-order chi connectivity index (χ1) is 10.1. The molecule has 3 atom stereocenters. The Morgan fingerprint density at radius 2 is 2.00 bits per heavy atom. The number of aliphatic hydroxyl groups is 1. The number of hydrogen-bond donors (Lipinski definition) is 2. The van der Waals surface area contributed by atoms with Crippen molar-refractivity contribution in [2.24, 2.45) is 0 Å². The van der Waals surface area contributed by atoms with Gasteiger partial charge in [0, 0.05) is 13.0 Å². The number of carboxylic acid groups (broad SMARTS) is 1. The summed E-state index contributed by atoms with van der Waals surface area (Å²) < 4.78 is 0. The van der Waals surface area contributed by atoms with Gasteiger partial charge in [-0.05, 0) is 30.4 Å². The van der Waals surface area contributed by atoms with E-state index in [0.29, 0.717) is 0 Å². The Morgan fingerprint density at radius 3 is 2.76 bits per heavy atom. The van der Waals surface area contributed by atoms with Crippen LogP contribution in [-0.2, 0) is 16.0 Å². The summed E-state index contributed by atoms with van der Waals surface area (Å²) in [5.41, 5.74) is 2.19. The molecule has 0 aromatic heterocycles. The predicted molar refractivity (Wildman–Crippen MR) is 75.9 cm³/mol. The van der Waals surface area contributed by atoms with Gasteiger partial charge in [0.2, 0.25) is 5.91 Å². The maximum absolute atomic E-state index is 12.8. The number of aliphatic hydroxyl groups excluding tert-OH is 1. The molecule has 21 heavy (non-hydrogen) atoms. The van der Waals surface area contributed by atoms with E-state index in [0.717, 1.165) is 24.8 Å². The van der Waals surface area contributed by atoms with Gasteiger partial charge in [-0.1, -0.05) is 24.3 Å². The second-order valence-electron chi connectivity index (χ2n) is 5.88. The Balaban J connectivity index is 1.87. The van der Waals surface area contributed by atoms with Gasteiger partial charge in [0.25, 0.3) is 0 Å². The van der Waals surface area contributed by atoms with Crippen molar-refractivity contribution in [2.45, 2.75) is 43.7 Å². The van der Waals surface area contributed by atoms with Crippen LogP contribution in [0.2, 0.25) is 0 Å². The summed E-state index contributed by atoms with van der Waals surface area (Å²) in [5, 5.41) is 18.9. The molecule has 0 saturated carbocycles. The number of aryl methyl sites for hydroxylation is 1. The summed E-state index contributed by atoms with van der Waals surface area (Å²) in [4.78, 5) is 25.4. The number of benzene rings is 1. The lowest BCUT2D eigenvalue weighted by atomic mass is 9.82. The third-order valence-electron chi connectivity index (χ3n) is 4.51. The highest BCUT2D eigenvalue weighted by atomic mass is 16.4. The van der Waals surface area contributed by atoms with E-state index in [1.807, 2.05) is 24.3 Å². The van der Waals surface area contributed by atoms with Gasteiger partial charge in [-0.2, -0.15) is 0 Å². The quantitative estimate of drug-likeness (QED) is 0.856. The molecular formula is C16H19NO4. The normalized spacial score (nSPS) is 28.2. The Bertz CT molecular complexity index is 571. The molecule has 5 heteroatoms. The van der Waals surface area contributed by atoms with Crippen LogP contribution in [0.15, 0.2) is 24.3 Å². The number of carbonyl (C=O) groups excluding carboxylic acids is 1. The molecule has 1 saturated heterocycles. The standard InChI is InChI=1S/C16H19NO4/c18-11-8-14(16(20)21)17(9-11)15(19)13-7-3-5-10-4-1-2-6-12(10)13/h1-2,4,6,11,13-14,18H,3,5,7-9H2,(H,20,21)/t11?,13?,14-/m0/s1. The number of carboxylic acids is 1. The van der Waals surface area contributed by atoms with Crippen LogP contribution < -0.4 is 0 Å². The maximum Gasteiger partial charge on any atom is 0.326 e. The molecule has 1 fully saturated rings. The third-order valence-corrected chi connectivity index (χ3v) is 4.51. The number of hydrogen-bond acceptors (Lipinski definition) is 3. The van der Waals surface area contributed by atoms with Crippen LogP contribution >= 0.6 is 0 Å². The number of rotatable bonds is 2. The fraction of sp³-hybridized carbons (Fsp3) is 0.500. The molecule has 0 bridgehead atoms. The molecule has 2 aliphatic rings. The van der Waals surface area contributed by atoms with Gasteiger partial charge in [0.15, 0.2) is 0 Å². The molecule has 1 aliphatic heterocycles. The van der Waals surface area contributed by atoms with Gasteiger partial charge in [-0.25, -0.2) is 4.79 Å². The average molecular weight is 289 g/mol. The SMILES string of the molecule is O=C(O)[C@@H]1CC(O)CN1C(=O)C1CCCc2ccccc21. The molecule has 3 rings (SSSR count). The molecule has 1 aromatic carbocycles. The first-order valence-electron chi connectivity index (χ1n) is 7.37. The van der Waals surface area contributed by atoms with Crippen molar-refractivity contribution in [3.8, 4) is 0 Å². The van der Waals surface area contributed by atoms with E-state index in [4.69, 9.17) is 0 Å². The van der Waals surface area contributed by atoms with Crippen molar-refractivity contribution in [3.63, 3.8) is 0 Å². The van der Waals surface area contributed by atoms with E-state index in [1.165, 1.54) is 10.5 Å². The van der Waals surface area contributed by atoms with Gasteiger partial charge in [-0.3, -0.25) is 4.79 Å². The van der Waals surface area contributed by atoms with Gasteiger partial charge in [-0.15, -0.1) is 0 Å². The Morgan fingerprint density at radius 1 is 1.24 bits per heavy atom. The number of amides is 1. The van der Waals surface area contributed by atoms with Crippen LogP contribution in [0.4, 0.5) is 0 Å². The van der Waals surface area contributed by atoms with Crippen molar-refractivity contribution >= 4 is 11.9 Å². The van der Waals surface area contributed by atoms with Crippen LogP contribution in [0.3, 0.4) is 0 Å². The lowest BCUT2D eigenvalue weighted by Gasteiger charge is -2.30. The molecule has 2 N–H and O–H groups in total. The Kier molecular flexibility index (Phi) is 3.68. The highest BCUT2D eigenvalue weighted by Gasteiger charge is 2.42. The number of β-amino-alcohol motifs (C(OH)–C–C–N with tert-alkyl or cyclic N) is 1. The number of aliphatic carboxylic acids is 1. The summed E-state index contributed by atoms with van der Waals surface area (Å²) in [6.07, 6.45) is 2.02. The van der Waals surface area contributed by atoms with E-state index < -0.39 is 18.1 Å². The summed E-state index contributed by atoms with van der Waals surface area (Å²) in [5.74, 6) is -1.47. The van der Waals surface area contributed by atoms with E-state index in [-0.39, 0.29) is 24.8 Å². The maximum atomic E-state index is 12.8. The minimum absolute atomic E-state index is 0.120. The van der Waals surface area contributed by atoms with Gasteiger partial charge in [0.05, 0.1) is 12.0 Å². The van der Waals surface area contributed by atoms with Crippen molar-refractivity contribution in [3.05, 3.63) is 35.4 Å². The minimum atomic E-state index is -1.04. The van der Waals surface area contributed by atoms with Gasteiger partial charge < -0.3 is 15.1 Å². The lowest BCUT2D eigenvalue weighted by Crippen LogP contribution is -2.43. The Labute approximate surface area is 123 Å². The zero-order valence-electron chi connectivity index (χ0n) is 11.7. The topological polar surface area (TPSA) is 77.8 Å². The Hall–Kier alpha value is -1.88. The summed E-state index contributed by atoms with van der Waals surface area (Å²) in [6.45, 7) is 0.120. The second-order valence-corrected chi connectivity index (χ2v) is 5.88. The third kappa shape index (κ3) is 2.53. The zero-order chi connectivity index (χ0) is 15.0. The molecule has 1 heterocycles. The monoisotopic (exact) mass is 289 g/mol. The van der Waals surface area contributed by atoms with Crippen molar-refractivity contribution in [1.82, 2.24) is 4.90 Å². The fourth-order valence-corrected chi connectivity index (χ4v) is 3.50. The van der Waals surface area contributed by atoms with Crippen molar-refractivity contribution in [2.75, 3.05) is 6.54 Å². The van der Waals surface area contributed by atoms with Crippen LogP contribution in [-0.4, -0.2) is 45.7 Å². The molecular weight excluding hydrogens is 270 g/mol. The molecule has 0 radical (unpaired) electrons. The van der Waals surface area contributed by atoms with Gasteiger partial charge >= 0.3 is 5.97 Å². The molecule has 2 unspecified atom stereocenters. The van der Waals surface area contributed by atoms with Crippen molar-refractivity contribution < 1.29 is 19.8 Å². The largest absolute Gasteiger partial charge is 0.480 e. The minimum Gasteiger partial charge on any atom is -0.480 e. The van der Waals surface area contributed by atoms with Crippen molar-refractivity contribution in [1.29, 1.82) is 0 Å². The zero-order valence-corrected chi connectivity index (χ0v) is 11.7. The molecule has 1 aliphatic carbocycles. The van der Waals surface area contributed by atoms with Gasteiger partial charge in [0.1, 0.15) is 6.04 Å². The molecule has 0 spiro atoms. The highest BCUT2D eigenvalue weighted by Crippen LogP contribution is 2.34. The highest BCUT2D eigenvalue weighted by molar-refractivity contribution is 5.89. The smallest absolute Gasteiger partial charge is 0.326 e. The molecule has 1 aromatic rings. The number of fused-ring (bicyclic) bond motifs is 1. The predicted octanol–water partition coefficient (Wildman–Crippen LogP) is 1.15. The van der Waals surface area contributed by atoms with E-state index >= 15 is 0 Å². The fourth-order valence-electron chi connectivity index (χ4n) is 3.50. The number of likely N-dealkylation sites (tertiary alicyclic amines) is 1. The average Bonchev–Trinajstić information content (AvgIpc) is 2.88. The summed E-state index contributed by atoms with van der Waals surface area (Å²) >= 11 is 0.